The molecule has 0 N–H and O–H groups in total. The van der Waals surface area contributed by atoms with Crippen molar-refractivity contribution in [3.8, 4) is 0 Å². The van der Waals surface area contributed by atoms with E-state index < -0.39 is 19.1 Å². The molecule has 6 nitrogen and oxygen atoms in total. The topological polar surface area (TPSA) is 82.4 Å². The first-order valence-corrected chi connectivity index (χ1v) is 18.5. The molecule has 0 unspecified atom stereocenters. The van der Waals surface area contributed by atoms with Crippen molar-refractivity contribution in [2.45, 2.75) is 98.3 Å². The summed E-state index contributed by atoms with van der Waals surface area (Å²) in [7, 11) is -1.83. The molecule has 2 aliphatic rings. The second-order valence-electron chi connectivity index (χ2n) is 11.8. The fourth-order valence-corrected chi connectivity index (χ4v) is 9.02. The summed E-state index contributed by atoms with van der Waals surface area (Å²) in [6, 6.07) is 9.30. The van der Waals surface area contributed by atoms with Crippen LogP contribution in [0.3, 0.4) is 0 Å². The zero-order valence-corrected chi connectivity index (χ0v) is 30.2. The van der Waals surface area contributed by atoms with Gasteiger partial charge in [0.25, 0.3) is 19.1 Å². The predicted molar refractivity (Wildman–Crippen MR) is 183 cm³/mol. The molecule has 0 atom stereocenters. The second kappa shape index (κ2) is 16.1. The Hall–Kier alpha value is -2.65. The Morgan fingerprint density at radius 3 is 1.39 bits per heavy atom. The van der Waals surface area contributed by atoms with E-state index in [1.165, 1.54) is 34.4 Å². The van der Waals surface area contributed by atoms with Crippen LogP contribution in [-0.2, 0) is 23.8 Å². The maximum absolute atomic E-state index is 12.8. The molecule has 1 saturated heterocycles. The number of hydrogen-bond acceptors (Lipinski definition) is 5. The minimum Gasteiger partial charge on any atom is -0.381 e. The summed E-state index contributed by atoms with van der Waals surface area (Å²) in [6.07, 6.45) is 9.87. The van der Waals surface area contributed by atoms with Crippen molar-refractivity contribution in [3.63, 3.8) is 0 Å². The lowest BCUT2D eigenvalue weighted by Gasteiger charge is -2.14. The van der Waals surface area contributed by atoms with Crippen LogP contribution in [0.1, 0.15) is 77.7 Å². The van der Waals surface area contributed by atoms with Gasteiger partial charge in [-0.15, -0.1) is 0 Å². The SMILES string of the molecule is C1CCOC1.CC1=CCC(C)=C1.Cc1cc(C)c(S(=O)(=O)Cl)c(C)c1.Cc1cc(C)c(S(=O)(=O)n2cc(C)cc2C)c(C)c1. The van der Waals surface area contributed by atoms with E-state index in [-0.39, 0.29) is 4.90 Å². The number of ether oxygens (including phenoxy) is 1. The summed E-state index contributed by atoms with van der Waals surface area (Å²) < 4.78 is 54.2. The number of aromatic nitrogens is 1. The fraction of sp³-hybridized carbons (Fsp3) is 0.429. The van der Waals surface area contributed by atoms with Crippen LogP contribution in [0.15, 0.2) is 69.6 Å². The van der Waals surface area contributed by atoms with Gasteiger partial charge in [-0.2, -0.15) is 0 Å². The van der Waals surface area contributed by atoms with Gasteiger partial charge in [0.1, 0.15) is 0 Å². The molecule has 0 bridgehead atoms. The maximum atomic E-state index is 12.8. The van der Waals surface area contributed by atoms with Crippen LogP contribution in [0.5, 0.6) is 0 Å². The zero-order chi connectivity index (χ0) is 33.4. The third kappa shape index (κ3) is 10.8. The standard InChI is InChI=1S/C15H19NO2S.C9H11ClO2S.C7H10.C4H8O/c1-10-6-12(3)15(13(4)7-10)19(17,18)16-9-11(2)8-14(16)5;1-6-4-7(2)9(8(3)5-6)13(10,11)12;1-6-3-4-7(2)5-6;1-2-4-5-3-1/h6-9H,1-5H3;4-5H,1-3H3;3,5H,4H2,1-2H3;1-4H2. The summed E-state index contributed by atoms with van der Waals surface area (Å²) >= 11 is 0. The average molecular weight is 662 g/mol. The number of aryl methyl sites for hydroxylation is 8. The van der Waals surface area contributed by atoms with E-state index in [0.29, 0.717) is 16.0 Å². The average Bonchev–Trinajstić information content (AvgIpc) is 3.62. The highest BCUT2D eigenvalue weighted by Gasteiger charge is 2.23. The Morgan fingerprint density at radius 1 is 0.659 bits per heavy atom. The first kappa shape index (κ1) is 37.5. The van der Waals surface area contributed by atoms with Crippen molar-refractivity contribution in [3.05, 3.63) is 104 Å². The number of nitrogens with zero attached hydrogens (tertiary/aromatic N) is 1. The molecule has 1 aliphatic heterocycles. The lowest BCUT2D eigenvalue weighted by Crippen LogP contribution is -2.16. The van der Waals surface area contributed by atoms with Gasteiger partial charge in [-0.3, -0.25) is 0 Å². The van der Waals surface area contributed by atoms with Gasteiger partial charge in [-0.25, -0.2) is 20.8 Å². The van der Waals surface area contributed by atoms with Gasteiger partial charge in [0, 0.05) is 35.8 Å². The number of halogens is 1. The van der Waals surface area contributed by atoms with Crippen LogP contribution in [-0.4, -0.2) is 34.0 Å². The third-order valence-electron chi connectivity index (χ3n) is 7.12. The van der Waals surface area contributed by atoms with Crippen LogP contribution in [0.25, 0.3) is 0 Å². The molecule has 3 aromatic rings. The molecule has 5 rings (SSSR count). The number of benzene rings is 2. The Bertz CT molecular complexity index is 1690. The van der Waals surface area contributed by atoms with Gasteiger partial charge < -0.3 is 4.74 Å². The quantitative estimate of drug-likeness (QED) is 0.262. The van der Waals surface area contributed by atoms with Crippen LogP contribution < -0.4 is 0 Å². The molecule has 44 heavy (non-hydrogen) atoms. The molecule has 1 aliphatic carbocycles. The highest BCUT2D eigenvalue weighted by Crippen LogP contribution is 2.26. The van der Waals surface area contributed by atoms with Gasteiger partial charge in [0.05, 0.1) is 9.79 Å². The molecule has 0 saturated carbocycles. The molecular formula is C35H48ClNO5S2. The van der Waals surface area contributed by atoms with Gasteiger partial charge in [0.15, 0.2) is 0 Å². The van der Waals surface area contributed by atoms with Gasteiger partial charge >= 0.3 is 0 Å². The third-order valence-corrected chi connectivity index (χ3v) is 10.8. The normalized spacial score (nSPS) is 14.3. The molecule has 1 aromatic heterocycles. The molecule has 1 fully saturated rings. The first-order chi connectivity index (χ1) is 20.3. The molecule has 0 radical (unpaired) electrons. The van der Waals surface area contributed by atoms with E-state index in [1.54, 1.807) is 20.0 Å². The number of hydrogen-bond donors (Lipinski definition) is 0. The predicted octanol–water partition coefficient (Wildman–Crippen LogP) is 8.89. The lowest BCUT2D eigenvalue weighted by molar-refractivity contribution is 0.198. The molecule has 0 spiro atoms. The lowest BCUT2D eigenvalue weighted by atomic mass is 10.1. The smallest absolute Gasteiger partial charge is 0.268 e. The van der Waals surface area contributed by atoms with Gasteiger partial charge in [-0.1, -0.05) is 58.7 Å². The van der Waals surface area contributed by atoms with Crippen molar-refractivity contribution in [1.82, 2.24) is 3.97 Å². The van der Waals surface area contributed by atoms with Crippen molar-refractivity contribution in [2.24, 2.45) is 0 Å². The molecule has 242 valence electrons. The Kier molecular flexibility index (Phi) is 13.7. The summed E-state index contributed by atoms with van der Waals surface area (Å²) in [5, 5.41) is 0. The van der Waals surface area contributed by atoms with Crippen molar-refractivity contribution in [1.29, 1.82) is 0 Å². The number of rotatable bonds is 3. The van der Waals surface area contributed by atoms with E-state index in [0.717, 1.165) is 46.7 Å². The van der Waals surface area contributed by atoms with E-state index in [9.17, 15) is 16.8 Å². The van der Waals surface area contributed by atoms with Crippen LogP contribution in [0.4, 0.5) is 0 Å². The van der Waals surface area contributed by atoms with Crippen molar-refractivity contribution in [2.75, 3.05) is 13.2 Å². The molecule has 9 heteroatoms. The first-order valence-electron chi connectivity index (χ1n) is 14.8. The van der Waals surface area contributed by atoms with E-state index in [1.807, 2.05) is 71.9 Å². The summed E-state index contributed by atoms with van der Waals surface area (Å²) in [6.45, 7) is 21.1. The van der Waals surface area contributed by atoms with Gasteiger partial charge in [0.2, 0.25) is 0 Å². The summed E-state index contributed by atoms with van der Waals surface area (Å²) in [5.41, 5.74) is 9.69. The molecule has 0 amide bonds. The zero-order valence-electron chi connectivity index (χ0n) is 27.8. The Labute approximate surface area is 270 Å². The minimum absolute atomic E-state index is 0.236. The summed E-state index contributed by atoms with van der Waals surface area (Å²) in [5.74, 6) is 0. The number of allylic oxidation sites excluding steroid dienone is 4. The van der Waals surface area contributed by atoms with Gasteiger partial charge in [-0.05, 0) is 122 Å². The van der Waals surface area contributed by atoms with E-state index in [2.05, 4.69) is 26.0 Å². The Balaban J connectivity index is 0.000000231. The molecule has 2 heterocycles. The van der Waals surface area contributed by atoms with Crippen LogP contribution in [0.2, 0.25) is 0 Å². The molecule has 2 aromatic carbocycles. The van der Waals surface area contributed by atoms with E-state index >= 15 is 0 Å². The largest absolute Gasteiger partial charge is 0.381 e. The minimum atomic E-state index is -3.61. The molecular weight excluding hydrogens is 614 g/mol. The second-order valence-corrected chi connectivity index (χ2v) is 16.1. The van der Waals surface area contributed by atoms with E-state index in [4.69, 9.17) is 15.4 Å². The maximum Gasteiger partial charge on any atom is 0.268 e. The van der Waals surface area contributed by atoms with Crippen molar-refractivity contribution < 1.29 is 21.6 Å². The summed E-state index contributed by atoms with van der Waals surface area (Å²) in [4.78, 5) is 0.650. The van der Waals surface area contributed by atoms with Crippen molar-refractivity contribution >= 4 is 29.8 Å². The highest BCUT2D eigenvalue weighted by atomic mass is 35.7. The van der Waals surface area contributed by atoms with Crippen LogP contribution >= 0.6 is 10.7 Å². The fourth-order valence-electron chi connectivity index (χ4n) is 5.54. The monoisotopic (exact) mass is 661 g/mol. The van der Waals surface area contributed by atoms with Crippen LogP contribution in [0, 0.1) is 55.4 Å². The highest BCUT2D eigenvalue weighted by molar-refractivity contribution is 8.13. The Morgan fingerprint density at radius 2 is 1.11 bits per heavy atom.